The summed E-state index contributed by atoms with van der Waals surface area (Å²) in [6.07, 6.45) is 13.8. The Bertz CT molecular complexity index is 666. The largest absolute Gasteiger partial charge is 0.393 e. The van der Waals surface area contributed by atoms with Gasteiger partial charge in [0, 0.05) is 4.32 Å². The third kappa shape index (κ3) is 3.98. The van der Waals surface area contributed by atoms with Crippen LogP contribution in [0.25, 0.3) is 0 Å². The Morgan fingerprint density at radius 2 is 1.87 bits per heavy atom. The number of rotatable bonds is 5. The molecular formula is C27H45BrO2. The second kappa shape index (κ2) is 8.17. The number of allylic oxidation sites excluding steroid dienone is 1. The maximum absolute atomic E-state index is 11.0. The first-order valence-electron chi connectivity index (χ1n) is 12.7. The average Bonchev–Trinajstić information content (AvgIpc) is 3.02. The highest BCUT2D eigenvalue weighted by molar-refractivity contribution is 9.10. The Labute approximate surface area is 193 Å². The number of aliphatic hydroxyl groups is 2. The molecule has 0 aliphatic heterocycles. The van der Waals surface area contributed by atoms with Crippen LogP contribution < -0.4 is 0 Å². The molecule has 0 aromatic carbocycles. The van der Waals surface area contributed by atoms with Crippen LogP contribution in [0.1, 0.15) is 98.8 Å². The van der Waals surface area contributed by atoms with E-state index < -0.39 is 0 Å². The molecular weight excluding hydrogens is 436 g/mol. The van der Waals surface area contributed by atoms with E-state index in [9.17, 15) is 10.2 Å². The first-order chi connectivity index (χ1) is 14.0. The van der Waals surface area contributed by atoms with Gasteiger partial charge in [-0.15, -0.1) is 0 Å². The van der Waals surface area contributed by atoms with Gasteiger partial charge in [-0.25, -0.2) is 0 Å². The normalized spacial score (nSPS) is 45.7. The summed E-state index contributed by atoms with van der Waals surface area (Å²) in [5.41, 5.74) is 2.29. The van der Waals surface area contributed by atoms with Gasteiger partial charge < -0.3 is 10.2 Å². The molecule has 9 atom stereocenters. The van der Waals surface area contributed by atoms with Crippen LogP contribution >= 0.6 is 15.9 Å². The van der Waals surface area contributed by atoms with Crippen LogP contribution in [0.15, 0.2) is 11.6 Å². The molecule has 3 fully saturated rings. The zero-order valence-electron chi connectivity index (χ0n) is 20.0. The van der Waals surface area contributed by atoms with E-state index in [1.54, 1.807) is 5.57 Å². The molecule has 3 saturated carbocycles. The number of halogens is 1. The van der Waals surface area contributed by atoms with Crippen molar-refractivity contribution in [3.63, 3.8) is 0 Å². The van der Waals surface area contributed by atoms with Crippen LogP contribution in [-0.4, -0.2) is 26.7 Å². The lowest BCUT2D eigenvalue weighted by atomic mass is 9.47. The van der Waals surface area contributed by atoms with Crippen molar-refractivity contribution < 1.29 is 10.2 Å². The van der Waals surface area contributed by atoms with E-state index >= 15 is 0 Å². The quantitative estimate of drug-likeness (QED) is 0.332. The average molecular weight is 482 g/mol. The monoisotopic (exact) mass is 480 g/mol. The first kappa shape index (κ1) is 23.3. The van der Waals surface area contributed by atoms with E-state index in [2.05, 4.69) is 56.6 Å². The third-order valence-corrected chi connectivity index (χ3v) is 10.8. The van der Waals surface area contributed by atoms with Crippen molar-refractivity contribution >= 4 is 15.9 Å². The van der Waals surface area contributed by atoms with E-state index in [1.807, 2.05) is 0 Å². The zero-order chi connectivity index (χ0) is 21.9. The summed E-state index contributed by atoms with van der Waals surface area (Å²) in [7, 11) is 0. The van der Waals surface area contributed by atoms with E-state index in [0.29, 0.717) is 22.7 Å². The van der Waals surface area contributed by atoms with Crippen LogP contribution in [0, 0.1) is 40.4 Å². The fourth-order valence-corrected chi connectivity index (χ4v) is 8.80. The van der Waals surface area contributed by atoms with Crippen molar-refractivity contribution in [1.29, 1.82) is 0 Å². The molecule has 0 radical (unpaired) electrons. The third-order valence-electron chi connectivity index (χ3n) is 10.4. The van der Waals surface area contributed by atoms with Gasteiger partial charge in [-0.05, 0) is 105 Å². The fraction of sp³-hybridized carbons (Fsp3) is 0.926. The minimum absolute atomic E-state index is 0.113. The number of aliphatic hydroxyl groups excluding tert-OH is 2. The molecule has 0 saturated heterocycles. The number of fused-ring (bicyclic) bond motifs is 5. The molecule has 1 unspecified atom stereocenters. The maximum Gasteiger partial charge on any atom is 0.0577 e. The summed E-state index contributed by atoms with van der Waals surface area (Å²) in [6.45, 7) is 11.8. The van der Waals surface area contributed by atoms with Crippen LogP contribution in [0.3, 0.4) is 0 Å². The van der Waals surface area contributed by atoms with Gasteiger partial charge in [-0.3, -0.25) is 0 Å². The SMILES string of the molecule is C[C@H](C(O)CCC(C)(C)Br)[C@H]1CC[C@H]2[C@@H]3CC=C4C[C@@H](O)CC[C@]4(C)[C@H]3CC[C@]12C. The van der Waals surface area contributed by atoms with Crippen LogP contribution in [-0.2, 0) is 0 Å². The van der Waals surface area contributed by atoms with E-state index in [1.165, 1.54) is 38.5 Å². The van der Waals surface area contributed by atoms with Gasteiger partial charge in [0.05, 0.1) is 12.2 Å². The number of alkyl halides is 1. The van der Waals surface area contributed by atoms with Crippen molar-refractivity contribution in [2.24, 2.45) is 40.4 Å². The van der Waals surface area contributed by atoms with Gasteiger partial charge in [0.15, 0.2) is 0 Å². The summed E-state index contributed by atoms with van der Waals surface area (Å²) >= 11 is 3.75. The van der Waals surface area contributed by atoms with Crippen molar-refractivity contribution in [3.05, 3.63) is 11.6 Å². The Morgan fingerprint density at radius 3 is 2.57 bits per heavy atom. The molecule has 2 nitrogen and oxygen atoms in total. The van der Waals surface area contributed by atoms with Crippen molar-refractivity contribution in [2.45, 2.75) is 115 Å². The van der Waals surface area contributed by atoms with Gasteiger partial charge in [-0.2, -0.15) is 0 Å². The Hall–Kier alpha value is 0.140. The van der Waals surface area contributed by atoms with Gasteiger partial charge >= 0.3 is 0 Å². The molecule has 0 heterocycles. The van der Waals surface area contributed by atoms with Crippen molar-refractivity contribution in [1.82, 2.24) is 0 Å². The lowest BCUT2D eigenvalue weighted by Gasteiger charge is -2.58. The molecule has 30 heavy (non-hydrogen) atoms. The summed E-state index contributed by atoms with van der Waals surface area (Å²) in [6, 6.07) is 0. The lowest BCUT2D eigenvalue weighted by Crippen LogP contribution is -2.51. The second-order valence-electron chi connectivity index (χ2n) is 12.6. The first-order valence-corrected chi connectivity index (χ1v) is 13.5. The predicted octanol–water partition coefficient (Wildman–Crippen LogP) is 6.88. The van der Waals surface area contributed by atoms with Gasteiger partial charge in [0.1, 0.15) is 0 Å². The minimum Gasteiger partial charge on any atom is -0.393 e. The van der Waals surface area contributed by atoms with Gasteiger partial charge in [0.2, 0.25) is 0 Å². The summed E-state index contributed by atoms with van der Waals surface area (Å²) < 4.78 is 0.114. The molecule has 4 aliphatic rings. The molecule has 4 aliphatic carbocycles. The molecule has 0 amide bonds. The van der Waals surface area contributed by atoms with Gasteiger partial charge in [0.25, 0.3) is 0 Å². The smallest absolute Gasteiger partial charge is 0.0577 e. The number of hydrogen-bond acceptors (Lipinski definition) is 2. The fourth-order valence-electron chi connectivity index (χ4n) is 8.57. The highest BCUT2D eigenvalue weighted by atomic mass is 79.9. The van der Waals surface area contributed by atoms with Crippen molar-refractivity contribution in [2.75, 3.05) is 0 Å². The Balaban J connectivity index is 1.50. The van der Waals surface area contributed by atoms with E-state index in [-0.39, 0.29) is 16.5 Å². The summed E-state index contributed by atoms with van der Waals surface area (Å²) in [5.74, 6) is 3.47. The lowest BCUT2D eigenvalue weighted by molar-refractivity contribution is -0.0680. The number of hydrogen-bond donors (Lipinski definition) is 2. The minimum atomic E-state index is -0.185. The molecule has 3 heteroatoms. The van der Waals surface area contributed by atoms with E-state index in [0.717, 1.165) is 43.4 Å². The zero-order valence-corrected chi connectivity index (χ0v) is 21.5. The molecule has 0 aromatic rings. The molecule has 172 valence electrons. The standard InChI is InChI=1S/C27H45BrO2/c1-17(24(30)12-13-25(2,3)28)21-8-9-22-20-7-6-18-16-19(29)10-14-26(18,4)23(20)11-15-27(21,22)5/h6,17,19-24,29-30H,7-16H2,1-5H3/t17-,19-,20-,21+,22-,23-,24?,26-,27+/m0/s1. The molecule has 0 bridgehead atoms. The molecule has 4 rings (SSSR count). The van der Waals surface area contributed by atoms with Gasteiger partial charge in [-0.1, -0.05) is 62.2 Å². The summed E-state index contributed by atoms with van der Waals surface area (Å²) in [5, 5.41) is 21.3. The molecule has 0 spiro atoms. The van der Waals surface area contributed by atoms with E-state index in [4.69, 9.17) is 0 Å². The summed E-state index contributed by atoms with van der Waals surface area (Å²) in [4.78, 5) is 0. The molecule has 0 aromatic heterocycles. The van der Waals surface area contributed by atoms with Crippen LogP contribution in [0.2, 0.25) is 0 Å². The van der Waals surface area contributed by atoms with Crippen LogP contribution in [0.4, 0.5) is 0 Å². The Morgan fingerprint density at radius 1 is 1.13 bits per heavy atom. The predicted molar refractivity (Wildman–Crippen MR) is 129 cm³/mol. The molecule has 2 N–H and O–H groups in total. The highest BCUT2D eigenvalue weighted by Gasteiger charge is 2.59. The topological polar surface area (TPSA) is 40.5 Å². The second-order valence-corrected chi connectivity index (χ2v) is 14.7. The van der Waals surface area contributed by atoms with Crippen LogP contribution in [0.5, 0.6) is 0 Å². The van der Waals surface area contributed by atoms with Crippen molar-refractivity contribution in [3.8, 4) is 0 Å². The maximum atomic E-state index is 11.0. The highest BCUT2D eigenvalue weighted by Crippen LogP contribution is 2.67. The Kier molecular flexibility index (Phi) is 6.35.